The molecular weight excluding hydrogens is 575 g/mol. The Morgan fingerprint density at radius 2 is 1.56 bits per heavy atom. The number of hydrogen-bond acceptors (Lipinski definition) is 5. The molecule has 0 N–H and O–H groups in total. The van der Waals surface area contributed by atoms with E-state index in [9.17, 15) is 4.79 Å². The van der Waals surface area contributed by atoms with Gasteiger partial charge in [0.05, 0.1) is 28.4 Å². The van der Waals surface area contributed by atoms with Gasteiger partial charge in [-0.25, -0.2) is 4.99 Å². The van der Waals surface area contributed by atoms with E-state index in [1.807, 2.05) is 30.3 Å². The third-order valence-electron chi connectivity index (χ3n) is 5.72. The first kappa shape index (κ1) is 27.2. The second-order valence-electron chi connectivity index (χ2n) is 8.41. The van der Waals surface area contributed by atoms with Crippen LogP contribution in [0.4, 0.5) is 11.4 Å². The van der Waals surface area contributed by atoms with Crippen molar-refractivity contribution in [1.82, 2.24) is 0 Å². The normalized spacial score (nSPS) is 15.3. The molecule has 1 aliphatic rings. The maximum Gasteiger partial charge on any atom is 0.271 e. The molecule has 9 heteroatoms. The summed E-state index contributed by atoms with van der Waals surface area (Å²) in [6.45, 7) is 0.340. The van der Waals surface area contributed by atoms with Gasteiger partial charge in [0.15, 0.2) is 16.7 Å². The average molecular weight is 596 g/mol. The summed E-state index contributed by atoms with van der Waals surface area (Å²) in [6, 6.07) is 27.4. The maximum absolute atomic E-state index is 13.6. The van der Waals surface area contributed by atoms with Gasteiger partial charge in [0.2, 0.25) is 0 Å². The molecule has 0 bridgehead atoms. The molecule has 0 spiro atoms. The lowest BCUT2D eigenvalue weighted by Crippen LogP contribution is -2.28. The molecule has 39 heavy (non-hydrogen) atoms. The number of benzene rings is 4. The standard InChI is InChI=1S/C30H21Cl3N2O3S/c1-37-26-16-20(15-25(33)28(26)38-18-19-5-3-2-4-6-19)17-27-29(36)35(24-13-9-22(32)10-14-24)30(39-27)34-23-11-7-21(31)8-12-23/h2-17H,18H2,1H3/b27-17-,34-30?. The molecular formula is C30H21Cl3N2O3S. The van der Waals surface area contributed by atoms with Crippen LogP contribution in [0.3, 0.4) is 0 Å². The van der Waals surface area contributed by atoms with Crippen LogP contribution >= 0.6 is 46.6 Å². The Kier molecular flexibility index (Phi) is 8.48. The Balaban J connectivity index is 1.48. The second kappa shape index (κ2) is 12.2. The number of amidine groups is 1. The highest BCUT2D eigenvalue weighted by Crippen LogP contribution is 2.41. The summed E-state index contributed by atoms with van der Waals surface area (Å²) in [5, 5.41) is 2.04. The highest BCUT2D eigenvalue weighted by molar-refractivity contribution is 8.19. The van der Waals surface area contributed by atoms with E-state index in [-0.39, 0.29) is 5.91 Å². The molecule has 1 heterocycles. The van der Waals surface area contributed by atoms with Crippen LogP contribution in [0.25, 0.3) is 6.08 Å². The molecule has 1 fully saturated rings. The van der Waals surface area contributed by atoms with Crippen LogP contribution in [0.5, 0.6) is 11.5 Å². The SMILES string of the molecule is COc1cc(/C=C2\SC(=Nc3ccc(Cl)cc3)N(c3ccc(Cl)cc3)C2=O)cc(Cl)c1OCc1ccccc1. The number of halogens is 3. The van der Waals surface area contributed by atoms with Crippen molar-refractivity contribution < 1.29 is 14.3 Å². The van der Waals surface area contributed by atoms with Gasteiger partial charge < -0.3 is 9.47 Å². The lowest BCUT2D eigenvalue weighted by Gasteiger charge is -2.15. The van der Waals surface area contributed by atoms with Crippen LogP contribution in [-0.2, 0) is 11.4 Å². The summed E-state index contributed by atoms with van der Waals surface area (Å²) < 4.78 is 11.5. The monoisotopic (exact) mass is 594 g/mol. The van der Waals surface area contributed by atoms with Gasteiger partial charge in [-0.3, -0.25) is 9.69 Å². The van der Waals surface area contributed by atoms with E-state index >= 15 is 0 Å². The molecule has 5 nitrogen and oxygen atoms in total. The fourth-order valence-electron chi connectivity index (χ4n) is 3.84. The summed E-state index contributed by atoms with van der Waals surface area (Å²) in [7, 11) is 1.55. The number of rotatable bonds is 7. The van der Waals surface area contributed by atoms with Crippen molar-refractivity contribution in [1.29, 1.82) is 0 Å². The van der Waals surface area contributed by atoms with Gasteiger partial charge in [0, 0.05) is 10.0 Å². The van der Waals surface area contributed by atoms with Crippen molar-refractivity contribution in [2.45, 2.75) is 6.61 Å². The van der Waals surface area contributed by atoms with E-state index in [1.165, 1.54) is 11.8 Å². The van der Waals surface area contributed by atoms with Gasteiger partial charge in [-0.15, -0.1) is 0 Å². The van der Waals surface area contributed by atoms with Crippen molar-refractivity contribution in [2.24, 2.45) is 4.99 Å². The van der Waals surface area contributed by atoms with Crippen molar-refractivity contribution in [3.05, 3.63) is 122 Å². The Morgan fingerprint density at radius 3 is 2.23 bits per heavy atom. The zero-order valence-electron chi connectivity index (χ0n) is 20.6. The number of thioether (sulfide) groups is 1. The van der Waals surface area contributed by atoms with E-state index in [0.29, 0.717) is 60.2 Å². The minimum atomic E-state index is -0.227. The number of methoxy groups -OCH3 is 1. The van der Waals surface area contributed by atoms with E-state index < -0.39 is 0 Å². The minimum absolute atomic E-state index is 0.227. The number of anilines is 1. The molecule has 0 aromatic heterocycles. The van der Waals surface area contributed by atoms with Crippen molar-refractivity contribution in [3.63, 3.8) is 0 Å². The van der Waals surface area contributed by atoms with Crippen molar-refractivity contribution in [3.8, 4) is 11.5 Å². The topological polar surface area (TPSA) is 51.1 Å². The van der Waals surface area contributed by atoms with Gasteiger partial charge in [-0.05, 0) is 89.6 Å². The second-order valence-corrected chi connectivity index (χ2v) is 10.7. The molecule has 1 amide bonds. The molecule has 0 atom stereocenters. The predicted molar refractivity (Wildman–Crippen MR) is 162 cm³/mol. The van der Waals surface area contributed by atoms with E-state index in [1.54, 1.807) is 78.7 Å². The Bertz CT molecular complexity index is 1560. The molecule has 4 aromatic rings. The molecule has 0 aliphatic carbocycles. The lowest BCUT2D eigenvalue weighted by molar-refractivity contribution is -0.113. The number of carbonyl (C=O) groups excluding carboxylic acids is 1. The number of ether oxygens (including phenoxy) is 2. The predicted octanol–water partition coefficient (Wildman–Crippen LogP) is 9.04. The van der Waals surface area contributed by atoms with Crippen LogP contribution in [0.1, 0.15) is 11.1 Å². The number of carbonyl (C=O) groups is 1. The fourth-order valence-corrected chi connectivity index (χ4v) is 5.36. The zero-order chi connectivity index (χ0) is 27.4. The van der Waals surface area contributed by atoms with Crippen molar-refractivity contribution >= 4 is 75.1 Å². The largest absolute Gasteiger partial charge is 0.493 e. The first-order valence-electron chi connectivity index (χ1n) is 11.8. The Labute approximate surface area is 245 Å². The van der Waals surface area contributed by atoms with Gasteiger partial charge >= 0.3 is 0 Å². The van der Waals surface area contributed by atoms with Gasteiger partial charge in [-0.1, -0.05) is 65.1 Å². The average Bonchev–Trinajstić information content (AvgIpc) is 3.24. The highest BCUT2D eigenvalue weighted by atomic mass is 35.5. The third-order valence-corrected chi connectivity index (χ3v) is 7.47. The van der Waals surface area contributed by atoms with E-state index in [0.717, 1.165) is 5.56 Å². The first-order chi connectivity index (χ1) is 18.9. The number of nitrogens with zero attached hydrogens (tertiary/aromatic N) is 2. The summed E-state index contributed by atoms with van der Waals surface area (Å²) in [5.41, 5.74) is 3.00. The molecule has 4 aromatic carbocycles. The van der Waals surface area contributed by atoms with Gasteiger partial charge in [0.1, 0.15) is 6.61 Å². The molecule has 1 aliphatic heterocycles. The summed E-state index contributed by atoms with van der Waals surface area (Å²) in [6.07, 6.45) is 1.76. The number of hydrogen-bond donors (Lipinski definition) is 0. The summed E-state index contributed by atoms with van der Waals surface area (Å²) >= 11 is 20.0. The molecule has 1 saturated heterocycles. The van der Waals surface area contributed by atoms with Gasteiger partial charge in [0.25, 0.3) is 5.91 Å². The maximum atomic E-state index is 13.6. The fraction of sp³-hybridized carbons (Fsp3) is 0.0667. The van der Waals surface area contributed by atoms with Crippen LogP contribution < -0.4 is 14.4 Å². The van der Waals surface area contributed by atoms with Gasteiger partial charge in [-0.2, -0.15) is 0 Å². The van der Waals surface area contributed by atoms with E-state index in [4.69, 9.17) is 49.3 Å². The summed E-state index contributed by atoms with van der Waals surface area (Å²) in [4.78, 5) is 20.4. The summed E-state index contributed by atoms with van der Waals surface area (Å²) in [5.74, 6) is 0.670. The van der Waals surface area contributed by atoms with Crippen LogP contribution in [-0.4, -0.2) is 18.2 Å². The quantitative estimate of drug-likeness (QED) is 0.200. The van der Waals surface area contributed by atoms with Crippen molar-refractivity contribution in [2.75, 3.05) is 12.0 Å². The van der Waals surface area contributed by atoms with E-state index in [2.05, 4.69) is 0 Å². The Hall–Kier alpha value is -3.42. The van der Waals surface area contributed by atoms with Crippen LogP contribution in [0, 0.1) is 0 Å². The number of aliphatic imine (C=N–C) groups is 1. The molecule has 196 valence electrons. The molecule has 0 unspecified atom stereocenters. The zero-order valence-corrected chi connectivity index (χ0v) is 23.7. The molecule has 0 radical (unpaired) electrons. The first-order valence-corrected chi connectivity index (χ1v) is 13.7. The highest BCUT2D eigenvalue weighted by Gasteiger charge is 2.35. The van der Waals surface area contributed by atoms with Crippen LogP contribution in [0.15, 0.2) is 101 Å². The van der Waals surface area contributed by atoms with Crippen LogP contribution in [0.2, 0.25) is 15.1 Å². The third kappa shape index (κ3) is 6.43. The lowest BCUT2D eigenvalue weighted by atomic mass is 10.1. The smallest absolute Gasteiger partial charge is 0.271 e. The molecule has 5 rings (SSSR count). The molecule has 0 saturated carbocycles. The Morgan fingerprint density at radius 1 is 0.897 bits per heavy atom. The minimum Gasteiger partial charge on any atom is -0.493 e. The number of amides is 1.